The van der Waals surface area contributed by atoms with Crippen molar-refractivity contribution in [2.75, 3.05) is 13.1 Å². The topological polar surface area (TPSA) is 71.8 Å². The van der Waals surface area contributed by atoms with Crippen LogP contribution in [0.3, 0.4) is 0 Å². The van der Waals surface area contributed by atoms with E-state index in [-0.39, 0.29) is 11.9 Å². The standard InChI is InChI=1S/C10H15N5O/c1-3-7(2)12-10(16)9-6-15(14-13-9)8-4-11-5-8/h3,6-8,11H,1,4-5H2,2H3,(H,12,16). The average molecular weight is 221 g/mol. The molecule has 1 fully saturated rings. The number of carbonyl (C=O) groups excluding carboxylic acids is 1. The molecule has 1 aromatic rings. The molecule has 0 spiro atoms. The summed E-state index contributed by atoms with van der Waals surface area (Å²) in [6, 6.07) is 0.258. The van der Waals surface area contributed by atoms with Crippen molar-refractivity contribution in [3.05, 3.63) is 24.5 Å². The van der Waals surface area contributed by atoms with Gasteiger partial charge in [0.05, 0.1) is 12.2 Å². The molecule has 86 valence electrons. The van der Waals surface area contributed by atoms with Crippen LogP contribution < -0.4 is 10.6 Å². The second-order valence-electron chi connectivity index (χ2n) is 3.89. The Morgan fingerprint density at radius 2 is 2.56 bits per heavy atom. The molecule has 0 aromatic carbocycles. The van der Waals surface area contributed by atoms with Crippen molar-refractivity contribution < 1.29 is 4.79 Å². The Bertz CT molecular complexity index is 396. The Labute approximate surface area is 93.7 Å². The maximum absolute atomic E-state index is 11.7. The summed E-state index contributed by atoms with van der Waals surface area (Å²) in [5.74, 6) is -0.217. The van der Waals surface area contributed by atoms with Crippen LogP contribution in [0.25, 0.3) is 0 Å². The maximum Gasteiger partial charge on any atom is 0.273 e. The van der Waals surface area contributed by atoms with E-state index in [1.807, 2.05) is 6.92 Å². The molecule has 0 radical (unpaired) electrons. The first-order valence-electron chi connectivity index (χ1n) is 5.26. The predicted octanol–water partition coefficient (Wildman–Crippen LogP) is -0.273. The molecular weight excluding hydrogens is 206 g/mol. The van der Waals surface area contributed by atoms with Gasteiger partial charge in [0.2, 0.25) is 0 Å². The molecule has 0 aliphatic carbocycles. The first kappa shape index (κ1) is 10.8. The van der Waals surface area contributed by atoms with Crippen molar-refractivity contribution in [2.24, 2.45) is 0 Å². The molecule has 1 aliphatic rings. The highest BCUT2D eigenvalue weighted by atomic mass is 16.2. The minimum atomic E-state index is -0.217. The monoisotopic (exact) mass is 221 g/mol. The van der Waals surface area contributed by atoms with Crippen molar-refractivity contribution in [3.8, 4) is 0 Å². The van der Waals surface area contributed by atoms with E-state index in [0.717, 1.165) is 13.1 Å². The third-order valence-corrected chi connectivity index (χ3v) is 2.59. The Morgan fingerprint density at radius 3 is 3.12 bits per heavy atom. The lowest BCUT2D eigenvalue weighted by atomic mass is 10.2. The third kappa shape index (κ3) is 2.11. The minimum Gasteiger partial charge on any atom is -0.345 e. The molecule has 2 N–H and O–H groups in total. The van der Waals surface area contributed by atoms with E-state index >= 15 is 0 Å². The average Bonchev–Trinajstić information content (AvgIpc) is 2.64. The number of amides is 1. The van der Waals surface area contributed by atoms with Gasteiger partial charge >= 0.3 is 0 Å². The van der Waals surface area contributed by atoms with Gasteiger partial charge in [-0.15, -0.1) is 11.7 Å². The van der Waals surface area contributed by atoms with E-state index in [4.69, 9.17) is 0 Å². The van der Waals surface area contributed by atoms with E-state index in [0.29, 0.717) is 11.7 Å². The van der Waals surface area contributed by atoms with Gasteiger partial charge in [0.15, 0.2) is 5.69 Å². The van der Waals surface area contributed by atoms with Crippen LogP contribution in [0.2, 0.25) is 0 Å². The van der Waals surface area contributed by atoms with Crippen LogP contribution >= 0.6 is 0 Å². The van der Waals surface area contributed by atoms with Gasteiger partial charge in [-0.25, -0.2) is 4.68 Å². The van der Waals surface area contributed by atoms with Crippen molar-refractivity contribution in [1.82, 2.24) is 25.6 Å². The Balaban J connectivity index is 2.00. The molecule has 0 saturated carbocycles. The van der Waals surface area contributed by atoms with Crippen LogP contribution in [-0.2, 0) is 0 Å². The second-order valence-corrected chi connectivity index (χ2v) is 3.89. The zero-order valence-electron chi connectivity index (χ0n) is 9.18. The summed E-state index contributed by atoms with van der Waals surface area (Å²) in [6.07, 6.45) is 3.34. The van der Waals surface area contributed by atoms with Gasteiger partial charge in [-0.05, 0) is 6.92 Å². The maximum atomic E-state index is 11.7. The van der Waals surface area contributed by atoms with E-state index in [1.54, 1.807) is 17.0 Å². The number of rotatable bonds is 4. The highest BCUT2D eigenvalue weighted by Gasteiger charge is 2.21. The summed E-state index contributed by atoms with van der Waals surface area (Å²) in [5.41, 5.74) is 0.348. The number of hydrogen-bond acceptors (Lipinski definition) is 4. The Kier molecular flexibility index (Phi) is 3.00. The molecule has 16 heavy (non-hydrogen) atoms. The first-order chi connectivity index (χ1) is 7.70. The van der Waals surface area contributed by atoms with Crippen LogP contribution in [0.4, 0.5) is 0 Å². The fourth-order valence-electron chi connectivity index (χ4n) is 1.36. The molecule has 1 saturated heterocycles. The molecule has 2 rings (SSSR count). The molecule has 1 aromatic heterocycles. The smallest absolute Gasteiger partial charge is 0.273 e. The van der Waals surface area contributed by atoms with Gasteiger partial charge < -0.3 is 10.6 Å². The minimum absolute atomic E-state index is 0.0666. The van der Waals surface area contributed by atoms with Crippen LogP contribution in [0.5, 0.6) is 0 Å². The van der Waals surface area contributed by atoms with Crippen LogP contribution in [-0.4, -0.2) is 40.0 Å². The van der Waals surface area contributed by atoms with Crippen molar-refractivity contribution >= 4 is 5.91 Å². The lowest BCUT2D eigenvalue weighted by Gasteiger charge is -2.26. The Hall–Kier alpha value is -1.69. The quantitative estimate of drug-likeness (QED) is 0.686. The van der Waals surface area contributed by atoms with E-state index < -0.39 is 0 Å². The largest absolute Gasteiger partial charge is 0.345 e. The lowest BCUT2D eigenvalue weighted by molar-refractivity contribution is 0.0942. The predicted molar refractivity (Wildman–Crippen MR) is 59.1 cm³/mol. The van der Waals surface area contributed by atoms with Gasteiger partial charge in [-0.1, -0.05) is 11.3 Å². The second kappa shape index (κ2) is 4.44. The summed E-state index contributed by atoms with van der Waals surface area (Å²) in [5, 5.41) is 13.7. The van der Waals surface area contributed by atoms with Gasteiger partial charge in [-0.3, -0.25) is 4.79 Å². The van der Waals surface area contributed by atoms with E-state index in [2.05, 4.69) is 27.5 Å². The lowest BCUT2D eigenvalue weighted by Crippen LogP contribution is -2.43. The number of carbonyl (C=O) groups is 1. The SMILES string of the molecule is C=CC(C)NC(=O)c1cn(C2CNC2)nn1. The molecule has 1 amide bonds. The normalized spacial score (nSPS) is 17.6. The van der Waals surface area contributed by atoms with Crippen molar-refractivity contribution in [3.63, 3.8) is 0 Å². The van der Waals surface area contributed by atoms with E-state index in [9.17, 15) is 4.79 Å². The number of aromatic nitrogens is 3. The summed E-state index contributed by atoms with van der Waals surface area (Å²) >= 11 is 0. The molecule has 0 bridgehead atoms. The first-order valence-corrected chi connectivity index (χ1v) is 5.26. The van der Waals surface area contributed by atoms with Gasteiger partial charge in [0, 0.05) is 19.1 Å². The number of hydrogen-bond donors (Lipinski definition) is 2. The molecular formula is C10H15N5O. The number of nitrogens with zero attached hydrogens (tertiary/aromatic N) is 3. The molecule has 2 heterocycles. The zero-order chi connectivity index (χ0) is 11.5. The van der Waals surface area contributed by atoms with E-state index in [1.165, 1.54) is 0 Å². The fraction of sp³-hybridized carbons (Fsp3) is 0.500. The third-order valence-electron chi connectivity index (χ3n) is 2.59. The number of nitrogens with one attached hydrogen (secondary N) is 2. The molecule has 6 nitrogen and oxygen atoms in total. The summed E-state index contributed by atoms with van der Waals surface area (Å²) < 4.78 is 1.73. The van der Waals surface area contributed by atoms with Gasteiger partial charge in [0.1, 0.15) is 0 Å². The fourth-order valence-corrected chi connectivity index (χ4v) is 1.36. The highest BCUT2D eigenvalue weighted by Crippen LogP contribution is 2.09. The zero-order valence-corrected chi connectivity index (χ0v) is 9.18. The van der Waals surface area contributed by atoms with Crippen LogP contribution in [0.15, 0.2) is 18.9 Å². The van der Waals surface area contributed by atoms with Crippen molar-refractivity contribution in [2.45, 2.75) is 19.0 Å². The van der Waals surface area contributed by atoms with Crippen LogP contribution in [0.1, 0.15) is 23.5 Å². The summed E-state index contributed by atoms with van der Waals surface area (Å²) in [7, 11) is 0. The summed E-state index contributed by atoms with van der Waals surface area (Å²) in [4.78, 5) is 11.7. The highest BCUT2D eigenvalue weighted by molar-refractivity contribution is 5.92. The molecule has 1 aliphatic heterocycles. The molecule has 1 atom stereocenters. The van der Waals surface area contributed by atoms with Crippen LogP contribution in [0, 0.1) is 0 Å². The summed E-state index contributed by atoms with van der Waals surface area (Å²) in [6.45, 7) is 7.22. The molecule has 6 heteroatoms. The van der Waals surface area contributed by atoms with Crippen molar-refractivity contribution in [1.29, 1.82) is 0 Å². The Morgan fingerprint density at radius 1 is 1.81 bits per heavy atom. The van der Waals surface area contributed by atoms with Gasteiger partial charge in [-0.2, -0.15) is 0 Å². The molecule has 1 unspecified atom stereocenters. The van der Waals surface area contributed by atoms with Gasteiger partial charge in [0.25, 0.3) is 5.91 Å².